The van der Waals surface area contributed by atoms with Crippen molar-refractivity contribution in [3.63, 3.8) is 0 Å². The van der Waals surface area contributed by atoms with Crippen molar-refractivity contribution in [1.29, 1.82) is 0 Å². The van der Waals surface area contributed by atoms with Crippen LogP contribution >= 0.6 is 0 Å². The number of unbranched alkanes of at least 4 members (excludes halogenated alkanes) is 21. The Bertz CT molecular complexity index is 1020. The van der Waals surface area contributed by atoms with Crippen LogP contribution in [-0.4, -0.2) is 37.2 Å². The number of ether oxygens (including phenoxy) is 3. The van der Waals surface area contributed by atoms with Crippen molar-refractivity contribution in [3.05, 3.63) is 60.8 Å². The second kappa shape index (κ2) is 43.8. The molecule has 0 bridgehead atoms. The topological polar surface area (TPSA) is 78.9 Å². The molecule has 0 heterocycles. The fourth-order valence-corrected chi connectivity index (χ4v) is 6.09. The third-order valence-corrected chi connectivity index (χ3v) is 9.54. The van der Waals surface area contributed by atoms with E-state index in [2.05, 4.69) is 81.5 Å². The summed E-state index contributed by atoms with van der Waals surface area (Å²) in [5.41, 5.74) is 0. The third-order valence-electron chi connectivity index (χ3n) is 9.54. The smallest absolute Gasteiger partial charge is 0.306 e. The van der Waals surface area contributed by atoms with E-state index in [0.717, 1.165) is 77.0 Å². The highest BCUT2D eigenvalue weighted by atomic mass is 16.6. The molecule has 0 amide bonds. The second-order valence-corrected chi connectivity index (χ2v) is 15.0. The van der Waals surface area contributed by atoms with Gasteiger partial charge in [-0.2, -0.15) is 0 Å². The summed E-state index contributed by atoms with van der Waals surface area (Å²) in [6.07, 6.45) is 52.1. The van der Waals surface area contributed by atoms with Crippen LogP contribution in [0, 0.1) is 0 Å². The van der Waals surface area contributed by atoms with E-state index in [1.54, 1.807) is 0 Å². The van der Waals surface area contributed by atoms with Gasteiger partial charge in [0, 0.05) is 19.3 Å². The van der Waals surface area contributed by atoms with Gasteiger partial charge in [0.25, 0.3) is 0 Å². The zero-order chi connectivity index (χ0) is 40.1. The second-order valence-electron chi connectivity index (χ2n) is 15.0. The molecule has 1 atom stereocenters. The predicted octanol–water partition coefficient (Wildman–Crippen LogP) is 14.5. The van der Waals surface area contributed by atoms with Gasteiger partial charge in [0.05, 0.1) is 0 Å². The Morgan fingerprint density at radius 3 is 1.22 bits per heavy atom. The predicted molar refractivity (Wildman–Crippen MR) is 233 cm³/mol. The first-order valence-corrected chi connectivity index (χ1v) is 22.8. The maximum absolute atomic E-state index is 12.7. The van der Waals surface area contributed by atoms with Crippen LogP contribution in [0.15, 0.2) is 60.8 Å². The highest BCUT2D eigenvalue weighted by Gasteiger charge is 2.19. The van der Waals surface area contributed by atoms with Crippen LogP contribution in [0.4, 0.5) is 0 Å². The molecule has 1 unspecified atom stereocenters. The number of rotatable bonds is 40. The molecule has 0 saturated heterocycles. The SMILES string of the molecule is CC\C=C/C=C\C=C/CCCCCCCC(=O)OC(COC(=O)CCC/C=C\CCCCCC)COC(=O)CCCCCCCCC/C=C\CCCCCC. The first kappa shape index (κ1) is 52.1. The van der Waals surface area contributed by atoms with E-state index < -0.39 is 6.10 Å². The number of hydrogen-bond donors (Lipinski definition) is 0. The Morgan fingerprint density at radius 1 is 0.382 bits per heavy atom. The molecule has 0 aromatic rings. The molecular formula is C49H84O6. The minimum absolute atomic E-state index is 0.0938. The number of allylic oxidation sites excluding steroid dienone is 10. The monoisotopic (exact) mass is 769 g/mol. The third kappa shape index (κ3) is 42.1. The molecule has 0 aliphatic heterocycles. The maximum atomic E-state index is 12.7. The molecule has 0 spiro atoms. The van der Waals surface area contributed by atoms with Gasteiger partial charge in [0.1, 0.15) is 13.2 Å². The first-order chi connectivity index (χ1) is 27.0. The van der Waals surface area contributed by atoms with Crippen LogP contribution < -0.4 is 0 Å². The van der Waals surface area contributed by atoms with Crippen molar-refractivity contribution in [2.75, 3.05) is 13.2 Å². The van der Waals surface area contributed by atoms with Gasteiger partial charge in [0.2, 0.25) is 0 Å². The quantitative estimate of drug-likeness (QED) is 0.0203. The summed E-state index contributed by atoms with van der Waals surface area (Å²) in [5, 5.41) is 0. The molecule has 0 aliphatic rings. The average Bonchev–Trinajstić information content (AvgIpc) is 3.18. The lowest BCUT2D eigenvalue weighted by Gasteiger charge is -2.18. The molecular weight excluding hydrogens is 685 g/mol. The summed E-state index contributed by atoms with van der Waals surface area (Å²) >= 11 is 0. The lowest BCUT2D eigenvalue weighted by atomic mass is 10.1. The Balaban J connectivity index is 4.41. The first-order valence-electron chi connectivity index (χ1n) is 22.8. The summed E-state index contributed by atoms with van der Waals surface area (Å²) in [6.45, 7) is 6.40. The lowest BCUT2D eigenvalue weighted by Crippen LogP contribution is -2.30. The highest BCUT2D eigenvalue weighted by molar-refractivity contribution is 5.71. The average molecular weight is 769 g/mol. The van der Waals surface area contributed by atoms with Crippen LogP contribution in [0.1, 0.15) is 213 Å². The minimum Gasteiger partial charge on any atom is -0.462 e. The number of carbonyl (C=O) groups excluding carboxylic acids is 3. The van der Waals surface area contributed by atoms with E-state index in [9.17, 15) is 14.4 Å². The zero-order valence-corrected chi connectivity index (χ0v) is 35.9. The van der Waals surface area contributed by atoms with Crippen LogP contribution in [0.3, 0.4) is 0 Å². The van der Waals surface area contributed by atoms with Gasteiger partial charge in [-0.15, -0.1) is 0 Å². The van der Waals surface area contributed by atoms with Gasteiger partial charge in [-0.05, 0) is 83.5 Å². The zero-order valence-electron chi connectivity index (χ0n) is 35.9. The molecule has 0 aromatic carbocycles. The Hall–Kier alpha value is -2.89. The van der Waals surface area contributed by atoms with Crippen molar-refractivity contribution >= 4 is 17.9 Å². The molecule has 0 aliphatic carbocycles. The van der Waals surface area contributed by atoms with Gasteiger partial charge >= 0.3 is 17.9 Å². The summed E-state index contributed by atoms with van der Waals surface area (Å²) in [4.78, 5) is 37.7. The summed E-state index contributed by atoms with van der Waals surface area (Å²) in [5.74, 6) is -0.960. The largest absolute Gasteiger partial charge is 0.462 e. The maximum Gasteiger partial charge on any atom is 0.306 e. The van der Waals surface area contributed by atoms with Crippen molar-refractivity contribution in [2.45, 2.75) is 219 Å². The summed E-state index contributed by atoms with van der Waals surface area (Å²) in [7, 11) is 0. The number of esters is 3. The standard InChI is InChI=1S/C49H84O6/c1-4-7-10-13-16-19-21-23-24-26-27-30-33-36-39-42-48(51)54-45-46(44-53-47(50)41-38-35-32-29-18-15-12-9-6-3)55-49(52)43-40-37-34-31-28-25-22-20-17-14-11-8-5-2/h8,11,14,17,19-22,29,32,46H,4-7,9-10,12-13,15-16,18,23-28,30-31,33-45H2,1-3H3/b11-8-,17-14-,21-19-,22-20-,32-29-. The van der Waals surface area contributed by atoms with Crippen LogP contribution in [0.2, 0.25) is 0 Å². The van der Waals surface area contributed by atoms with Crippen LogP contribution in [-0.2, 0) is 28.6 Å². The molecule has 0 aromatic heterocycles. The molecule has 0 radical (unpaired) electrons. The molecule has 0 fully saturated rings. The number of carbonyl (C=O) groups is 3. The molecule has 6 nitrogen and oxygen atoms in total. The molecule has 0 rings (SSSR count). The Morgan fingerprint density at radius 2 is 0.745 bits per heavy atom. The highest BCUT2D eigenvalue weighted by Crippen LogP contribution is 2.13. The van der Waals surface area contributed by atoms with Crippen molar-refractivity contribution in [3.8, 4) is 0 Å². The van der Waals surface area contributed by atoms with Crippen LogP contribution in [0.5, 0.6) is 0 Å². The lowest BCUT2D eigenvalue weighted by molar-refractivity contribution is -0.167. The van der Waals surface area contributed by atoms with Gasteiger partial charge in [-0.3, -0.25) is 14.4 Å². The van der Waals surface area contributed by atoms with E-state index in [-0.39, 0.29) is 31.1 Å². The van der Waals surface area contributed by atoms with E-state index in [1.165, 1.54) is 89.9 Å². The normalized spacial score (nSPS) is 12.6. The van der Waals surface area contributed by atoms with Crippen LogP contribution in [0.25, 0.3) is 0 Å². The summed E-state index contributed by atoms with van der Waals surface area (Å²) in [6, 6.07) is 0. The summed E-state index contributed by atoms with van der Waals surface area (Å²) < 4.78 is 16.6. The molecule has 55 heavy (non-hydrogen) atoms. The van der Waals surface area contributed by atoms with Crippen molar-refractivity contribution < 1.29 is 28.6 Å². The fourth-order valence-electron chi connectivity index (χ4n) is 6.09. The minimum atomic E-state index is -0.794. The Kier molecular flexibility index (Phi) is 41.5. The van der Waals surface area contributed by atoms with E-state index in [1.807, 2.05) is 0 Å². The van der Waals surface area contributed by atoms with E-state index in [4.69, 9.17) is 14.2 Å². The molecule has 316 valence electrons. The van der Waals surface area contributed by atoms with Gasteiger partial charge < -0.3 is 14.2 Å². The van der Waals surface area contributed by atoms with E-state index in [0.29, 0.717) is 25.7 Å². The van der Waals surface area contributed by atoms with E-state index >= 15 is 0 Å². The fraction of sp³-hybridized carbons (Fsp3) is 0.735. The molecule has 0 saturated carbocycles. The van der Waals surface area contributed by atoms with Crippen molar-refractivity contribution in [1.82, 2.24) is 0 Å². The number of hydrogen-bond acceptors (Lipinski definition) is 6. The van der Waals surface area contributed by atoms with Gasteiger partial charge in [-0.25, -0.2) is 0 Å². The van der Waals surface area contributed by atoms with Gasteiger partial charge in [-0.1, -0.05) is 171 Å². The Labute approximate surface area is 339 Å². The van der Waals surface area contributed by atoms with Gasteiger partial charge in [0.15, 0.2) is 6.10 Å². The van der Waals surface area contributed by atoms with Crippen molar-refractivity contribution in [2.24, 2.45) is 0 Å². The molecule has 0 N–H and O–H groups in total. The molecule has 6 heteroatoms.